The van der Waals surface area contributed by atoms with Gasteiger partial charge < -0.3 is 20.1 Å². The number of nitrogens with two attached hydrogens (primary N) is 1. The molecular formula is C32H44ClN5O2. The van der Waals surface area contributed by atoms with Gasteiger partial charge in [-0.1, -0.05) is 68.7 Å². The molecule has 1 spiro atoms. The second-order valence-corrected chi connectivity index (χ2v) is 13.1. The summed E-state index contributed by atoms with van der Waals surface area (Å²) in [5, 5.41) is 0.760. The van der Waals surface area contributed by atoms with E-state index in [4.69, 9.17) is 22.3 Å². The monoisotopic (exact) mass is 565 g/mol. The summed E-state index contributed by atoms with van der Waals surface area (Å²) in [6, 6.07) is 7.77. The number of imidazole rings is 1. The van der Waals surface area contributed by atoms with Gasteiger partial charge in [-0.3, -0.25) is 9.59 Å². The molecule has 2 aliphatic heterocycles. The van der Waals surface area contributed by atoms with E-state index in [1.165, 1.54) is 70.6 Å². The summed E-state index contributed by atoms with van der Waals surface area (Å²) in [5.74, 6) is 1.17. The second kappa shape index (κ2) is 11.5. The quantitative estimate of drug-likeness (QED) is 0.500. The fraction of sp³-hybridized carbons (Fsp3) is 0.656. The third-order valence-electron chi connectivity index (χ3n) is 10.1. The number of amides is 2. The molecule has 3 fully saturated rings. The number of aromatic nitrogens is 2. The highest BCUT2D eigenvalue weighted by Gasteiger charge is 2.43. The number of aryl methyl sites for hydroxylation is 1. The Balaban J connectivity index is 1.15. The first-order chi connectivity index (χ1) is 19.4. The average molecular weight is 566 g/mol. The van der Waals surface area contributed by atoms with Crippen LogP contribution >= 0.6 is 11.6 Å². The molecule has 2 amide bonds. The molecule has 6 rings (SSSR count). The molecule has 3 heterocycles. The van der Waals surface area contributed by atoms with Gasteiger partial charge in [-0.05, 0) is 57.1 Å². The van der Waals surface area contributed by atoms with Gasteiger partial charge in [-0.2, -0.15) is 0 Å². The van der Waals surface area contributed by atoms with E-state index in [1.807, 2.05) is 34.1 Å². The van der Waals surface area contributed by atoms with Crippen LogP contribution in [0.4, 0.5) is 0 Å². The van der Waals surface area contributed by atoms with Gasteiger partial charge in [0.1, 0.15) is 16.7 Å². The van der Waals surface area contributed by atoms with Crippen LogP contribution in [0.25, 0.3) is 11.3 Å². The fourth-order valence-corrected chi connectivity index (χ4v) is 7.94. The second-order valence-electron chi connectivity index (χ2n) is 12.7. The Kier molecular flexibility index (Phi) is 7.97. The third-order valence-corrected chi connectivity index (χ3v) is 10.5. The van der Waals surface area contributed by atoms with E-state index in [0.29, 0.717) is 31.7 Å². The molecule has 0 bridgehead atoms. The van der Waals surface area contributed by atoms with E-state index >= 15 is 0 Å². The van der Waals surface area contributed by atoms with E-state index in [0.717, 1.165) is 47.9 Å². The highest BCUT2D eigenvalue weighted by molar-refractivity contribution is 6.32. The Labute approximate surface area is 243 Å². The number of halogens is 1. The molecule has 0 atom stereocenters. The van der Waals surface area contributed by atoms with Crippen molar-refractivity contribution in [1.29, 1.82) is 0 Å². The van der Waals surface area contributed by atoms with Crippen LogP contribution in [-0.2, 0) is 16.8 Å². The smallest absolute Gasteiger partial charge is 0.253 e. The molecule has 1 saturated heterocycles. The lowest BCUT2D eigenvalue weighted by molar-refractivity contribution is -0.141. The predicted octanol–water partition coefficient (Wildman–Crippen LogP) is 5.93. The number of carbonyl (C=O) groups is 2. The number of rotatable bonds is 3. The topological polar surface area (TPSA) is 84.5 Å². The van der Waals surface area contributed by atoms with Gasteiger partial charge in [-0.25, -0.2) is 4.98 Å². The van der Waals surface area contributed by atoms with Crippen molar-refractivity contribution < 1.29 is 9.59 Å². The van der Waals surface area contributed by atoms with Crippen LogP contribution in [0, 0.1) is 0 Å². The minimum Gasteiger partial charge on any atom is -0.338 e. The predicted molar refractivity (Wildman–Crippen MR) is 158 cm³/mol. The van der Waals surface area contributed by atoms with Crippen molar-refractivity contribution in [2.45, 2.75) is 107 Å². The van der Waals surface area contributed by atoms with Gasteiger partial charge in [0, 0.05) is 49.3 Å². The largest absolute Gasteiger partial charge is 0.338 e. The van der Waals surface area contributed by atoms with Gasteiger partial charge in [0.2, 0.25) is 5.91 Å². The summed E-state index contributed by atoms with van der Waals surface area (Å²) < 4.78 is 2.41. The van der Waals surface area contributed by atoms with E-state index in [-0.39, 0.29) is 17.4 Å². The van der Waals surface area contributed by atoms with Crippen molar-refractivity contribution in [3.05, 3.63) is 40.8 Å². The van der Waals surface area contributed by atoms with Crippen LogP contribution in [0.2, 0.25) is 5.15 Å². The molecule has 4 aliphatic rings. The molecule has 0 radical (unpaired) electrons. The van der Waals surface area contributed by atoms with Crippen LogP contribution in [0.1, 0.15) is 106 Å². The molecule has 0 unspecified atom stereocenters. The van der Waals surface area contributed by atoms with Crippen molar-refractivity contribution in [2.24, 2.45) is 5.73 Å². The van der Waals surface area contributed by atoms with E-state index in [9.17, 15) is 9.59 Å². The lowest BCUT2D eigenvalue weighted by atomic mass is 9.76. The first kappa shape index (κ1) is 27.8. The van der Waals surface area contributed by atoms with Gasteiger partial charge >= 0.3 is 0 Å². The summed E-state index contributed by atoms with van der Waals surface area (Å²) >= 11 is 7.16. The number of carbonyl (C=O) groups excluding carboxylic acids is 2. The average Bonchev–Trinajstić information content (AvgIpc) is 3.32. The molecule has 1 aromatic heterocycles. The highest BCUT2D eigenvalue weighted by Crippen LogP contribution is 2.45. The lowest BCUT2D eigenvalue weighted by Gasteiger charge is -2.43. The van der Waals surface area contributed by atoms with Crippen LogP contribution in [0.3, 0.4) is 0 Å². The van der Waals surface area contributed by atoms with Gasteiger partial charge in [0.25, 0.3) is 5.91 Å². The maximum absolute atomic E-state index is 13.3. The Hall–Kier alpha value is -2.38. The molecule has 216 valence electrons. The van der Waals surface area contributed by atoms with Crippen molar-refractivity contribution in [3.8, 4) is 11.3 Å². The molecule has 2 N–H and O–H groups in total. The molecule has 8 heteroatoms. The zero-order valence-electron chi connectivity index (χ0n) is 23.8. The van der Waals surface area contributed by atoms with Crippen LogP contribution in [-0.4, -0.2) is 62.9 Å². The van der Waals surface area contributed by atoms with Crippen LogP contribution in [0.15, 0.2) is 24.3 Å². The molecule has 2 saturated carbocycles. The highest BCUT2D eigenvalue weighted by atomic mass is 35.5. The Bertz CT molecular complexity index is 1220. The van der Waals surface area contributed by atoms with Gasteiger partial charge in [0.15, 0.2) is 0 Å². The first-order valence-corrected chi connectivity index (χ1v) is 16.0. The summed E-state index contributed by atoms with van der Waals surface area (Å²) in [5.41, 5.74) is 8.12. The molecule has 7 nitrogen and oxygen atoms in total. The molecule has 40 heavy (non-hydrogen) atoms. The Morgan fingerprint density at radius 1 is 0.750 bits per heavy atom. The van der Waals surface area contributed by atoms with Crippen LogP contribution in [0.5, 0.6) is 0 Å². The van der Waals surface area contributed by atoms with Crippen LogP contribution < -0.4 is 5.73 Å². The summed E-state index contributed by atoms with van der Waals surface area (Å²) in [7, 11) is 0. The number of hydrogen-bond acceptors (Lipinski definition) is 4. The molecule has 2 aromatic rings. The molecule has 2 aliphatic carbocycles. The minimum absolute atomic E-state index is 0.000411. The molecule has 1 aromatic carbocycles. The lowest BCUT2D eigenvalue weighted by Crippen LogP contribution is -2.62. The van der Waals surface area contributed by atoms with Crippen molar-refractivity contribution >= 4 is 23.4 Å². The first-order valence-electron chi connectivity index (χ1n) is 15.7. The molecular weight excluding hydrogens is 522 g/mol. The van der Waals surface area contributed by atoms with Crippen molar-refractivity contribution in [3.63, 3.8) is 0 Å². The van der Waals surface area contributed by atoms with E-state index in [2.05, 4.69) is 4.57 Å². The number of piperazine rings is 1. The maximum Gasteiger partial charge on any atom is 0.253 e. The number of fused-ring (bicyclic) bond motifs is 2. The minimum atomic E-state index is -0.677. The zero-order valence-corrected chi connectivity index (χ0v) is 24.6. The summed E-state index contributed by atoms with van der Waals surface area (Å²) in [6.45, 7) is 2.15. The van der Waals surface area contributed by atoms with E-state index < -0.39 is 5.54 Å². The van der Waals surface area contributed by atoms with Crippen molar-refractivity contribution in [1.82, 2.24) is 19.4 Å². The SMILES string of the molecule is NC1(C(=O)N2CCN(C(=O)c3ccc(-c4nc5n(c4Cl)C4(CCCCCCCCC4)CCC5)cc3)CC2)CCC1. The normalized spacial score (nSPS) is 22.9. The maximum atomic E-state index is 13.3. The Morgan fingerprint density at radius 2 is 1.32 bits per heavy atom. The number of benzene rings is 1. The van der Waals surface area contributed by atoms with Gasteiger partial charge in [0.05, 0.1) is 5.54 Å². The fourth-order valence-electron chi connectivity index (χ4n) is 7.51. The van der Waals surface area contributed by atoms with E-state index in [1.54, 1.807) is 0 Å². The van der Waals surface area contributed by atoms with Gasteiger partial charge in [-0.15, -0.1) is 0 Å². The third kappa shape index (κ3) is 5.20. The number of nitrogens with zero attached hydrogens (tertiary/aromatic N) is 4. The summed E-state index contributed by atoms with van der Waals surface area (Å²) in [4.78, 5) is 34.8. The summed E-state index contributed by atoms with van der Waals surface area (Å²) in [6.07, 6.45) is 17.5. The Morgan fingerprint density at radius 3 is 1.93 bits per heavy atom. The van der Waals surface area contributed by atoms with Crippen molar-refractivity contribution in [2.75, 3.05) is 26.2 Å². The standard InChI is InChI=1S/C32H44ClN5O2/c33-28-27(35-26-10-8-17-31(38(26)28)15-6-4-2-1-3-5-7-16-31)24-11-13-25(14-12-24)29(39)36-20-22-37(23-21-36)30(40)32(34)18-9-19-32/h11-14H,1-10,15-23,34H2. The zero-order chi connectivity index (χ0) is 27.7. The number of hydrogen-bond donors (Lipinski definition) is 1.